The van der Waals surface area contributed by atoms with Gasteiger partial charge in [0.05, 0.1) is 18.9 Å². The highest BCUT2D eigenvalue weighted by atomic mass is 32.1. The summed E-state index contributed by atoms with van der Waals surface area (Å²) in [5, 5.41) is 22.4. The molecule has 1 aliphatic rings. The van der Waals surface area contributed by atoms with Crippen molar-refractivity contribution in [1.82, 2.24) is 4.98 Å². The topological polar surface area (TPSA) is 56.6 Å². The van der Waals surface area contributed by atoms with E-state index in [-0.39, 0.29) is 19.3 Å². The maximum atomic E-state index is 9.65. The molecule has 1 aromatic heterocycles. The second-order valence-corrected chi connectivity index (χ2v) is 8.13. The molecule has 24 heavy (non-hydrogen) atoms. The fourth-order valence-corrected chi connectivity index (χ4v) is 4.36. The van der Waals surface area contributed by atoms with E-state index in [9.17, 15) is 10.2 Å². The summed E-state index contributed by atoms with van der Waals surface area (Å²) in [6, 6.07) is 8.87. The molecule has 2 heterocycles. The highest BCUT2D eigenvalue weighted by molar-refractivity contribution is 7.14. The first kappa shape index (κ1) is 17.4. The highest BCUT2D eigenvalue weighted by Crippen LogP contribution is 2.39. The summed E-state index contributed by atoms with van der Waals surface area (Å²) in [7, 11) is 0. The van der Waals surface area contributed by atoms with Crippen molar-refractivity contribution in [2.75, 3.05) is 24.7 Å². The Bertz CT molecular complexity index is 677. The van der Waals surface area contributed by atoms with Gasteiger partial charge in [0.1, 0.15) is 0 Å². The summed E-state index contributed by atoms with van der Waals surface area (Å²) in [4.78, 5) is 7.01. The van der Waals surface area contributed by atoms with E-state index in [1.165, 1.54) is 5.56 Å². The largest absolute Gasteiger partial charge is 0.396 e. The van der Waals surface area contributed by atoms with Crippen molar-refractivity contribution < 1.29 is 10.2 Å². The third kappa shape index (κ3) is 3.21. The first-order valence-corrected chi connectivity index (χ1v) is 9.40. The molecule has 1 aromatic carbocycles. The molecule has 1 aliphatic heterocycles. The molecule has 0 saturated carbocycles. The molecule has 1 saturated heterocycles. The lowest BCUT2D eigenvalue weighted by Crippen LogP contribution is -2.34. The Morgan fingerprint density at radius 3 is 2.46 bits per heavy atom. The quantitative estimate of drug-likeness (QED) is 0.870. The summed E-state index contributed by atoms with van der Waals surface area (Å²) in [6.45, 7) is 7.20. The van der Waals surface area contributed by atoms with E-state index in [1.54, 1.807) is 11.3 Å². The van der Waals surface area contributed by atoms with Gasteiger partial charge in [-0.15, -0.1) is 11.3 Å². The van der Waals surface area contributed by atoms with Gasteiger partial charge in [-0.05, 0) is 24.8 Å². The van der Waals surface area contributed by atoms with Crippen molar-refractivity contribution in [1.29, 1.82) is 0 Å². The molecule has 0 spiro atoms. The van der Waals surface area contributed by atoms with E-state index in [0.717, 1.165) is 22.8 Å². The number of aromatic nitrogens is 1. The van der Waals surface area contributed by atoms with E-state index < -0.39 is 5.41 Å². The standard InChI is InChI=1S/C19H26N2O2S/c1-13(2)15-4-6-16(7-5-15)17-9-24-18(20-17)21-10-19(11-22,12-23)8-14(21)3/h4-7,9,13-14,22-23H,8,10-12H2,1-3H3. The first-order chi connectivity index (χ1) is 11.5. The Morgan fingerprint density at radius 2 is 1.92 bits per heavy atom. The van der Waals surface area contributed by atoms with Crippen LogP contribution in [-0.4, -0.2) is 41.0 Å². The van der Waals surface area contributed by atoms with Crippen molar-refractivity contribution in [3.05, 3.63) is 35.2 Å². The predicted molar refractivity (Wildman–Crippen MR) is 99.7 cm³/mol. The van der Waals surface area contributed by atoms with Crippen LogP contribution in [0.15, 0.2) is 29.6 Å². The van der Waals surface area contributed by atoms with E-state index in [0.29, 0.717) is 12.5 Å². The highest BCUT2D eigenvalue weighted by Gasteiger charge is 2.42. The van der Waals surface area contributed by atoms with Crippen LogP contribution in [-0.2, 0) is 0 Å². The average molecular weight is 346 g/mol. The summed E-state index contributed by atoms with van der Waals surface area (Å²) < 4.78 is 0. The van der Waals surface area contributed by atoms with Crippen LogP contribution in [0.5, 0.6) is 0 Å². The minimum Gasteiger partial charge on any atom is -0.396 e. The smallest absolute Gasteiger partial charge is 0.186 e. The van der Waals surface area contributed by atoms with Gasteiger partial charge in [0.15, 0.2) is 5.13 Å². The first-order valence-electron chi connectivity index (χ1n) is 8.52. The summed E-state index contributed by atoms with van der Waals surface area (Å²) >= 11 is 1.63. The number of aliphatic hydroxyl groups is 2. The lowest BCUT2D eigenvalue weighted by molar-refractivity contribution is 0.0706. The van der Waals surface area contributed by atoms with Crippen molar-refractivity contribution in [3.63, 3.8) is 0 Å². The van der Waals surface area contributed by atoms with Gasteiger partial charge in [-0.25, -0.2) is 4.98 Å². The molecule has 130 valence electrons. The zero-order valence-electron chi connectivity index (χ0n) is 14.6. The van der Waals surface area contributed by atoms with Crippen LogP contribution in [0, 0.1) is 5.41 Å². The minimum atomic E-state index is -0.413. The SMILES string of the molecule is CC(C)c1ccc(-c2csc(N3CC(CO)(CO)CC3C)n2)cc1. The molecule has 0 aliphatic carbocycles. The summed E-state index contributed by atoms with van der Waals surface area (Å²) in [6.07, 6.45) is 0.790. The molecule has 0 bridgehead atoms. The number of anilines is 1. The normalized spacial score (nSPS) is 20.1. The molecule has 2 aromatic rings. The Kier molecular flexibility index (Phi) is 4.95. The predicted octanol–water partition coefficient (Wildman–Crippen LogP) is 3.50. The third-order valence-electron chi connectivity index (χ3n) is 5.05. The van der Waals surface area contributed by atoms with E-state index in [1.807, 2.05) is 0 Å². The van der Waals surface area contributed by atoms with E-state index >= 15 is 0 Å². The molecule has 5 heteroatoms. The summed E-state index contributed by atoms with van der Waals surface area (Å²) in [5.41, 5.74) is 3.04. The molecule has 0 radical (unpaired) electrons. The van der Waals surface area contributed by atoms with Gasteiger partial charge in [-0.3, -0.25) is 0 Å². The van der Waals surface area contributed by atoms with Crippen LogP contribution in [0.25, 0.3) is 11.3 Å². The van der Waals surface area contributed by atoms with Crippen molar-refractivity contribution in [3.8, 4) is 11.3 Å². The molecular formula is C19H26N2O2S. The number of nitrogens with zero attached hydrogens (tertiary/aromatic N) is 2. The van der Waals surface area contributed by atoms with Gasteiger partial charge in [-0.1, -0.05) is 38.1 Å². The Balaban J connectivity index is 1.81. The number of hydrogen-bond donors (Lipinski definition) is 2. The van der Waals surface area contributed by atoms with Crippen molar-refractivity contribution in [2.45, 2.75) is 39.2 Å². The number of rotatable bonds is 5. The molecule has 1 unspecified atom stereocenters. The van der Waals surface area contributed by atoms with Crippen LogP contribution in [0.2, 0.25) is 0 Å². The number of benzene rings is 1. The molecular weight excluding hydrogens is 320 g/mol. The van der Waals surface area contributed by atoms with Crippen LogP contribution < -0.4 is 4.90 Å². The van der Waals surface area contributed by atoms with Crippen molar-refractivity contribution in [2.24, 2.45) is 5.41 Å². The molecule has 1 fully saturated rings. The molecule has 1 atom stereocenters. The Labute approximate surface area is 147 Å². The monoisotopic (exact) mass is 346 g/mol. The lowest BCUT2D eigenvalue weighted by atomic mass is 9.88. The second kappa shape index (κ2) is 6.82. The maximum Gasteiger partial charge on any atom is 0.186 e. The third-order valence-corrected chi connectivity index (χ3v) is 5.93. The van der Waals surface area contributed by atoms with Crippen molar-refractivity contribution >= 4 is 16.5 Å². The van der Waals surface area contributed by atoms with Gasteiger partial charge in [0.2, 0.25) is 0 Å². The van der Waals surface area contributed by atoms with Gasteiger partial charge < -0.3 is 15.1 Å². The molecule has 4 nitrogen and oxygen atoms in total. The second-order valence-electron chi connectivity index (χ2n) is 7.29. The average Bonchev–Trinajstić information content (AvgIpc) is 3.20. The fraction of sp³-hybridized carbons (Fsp3) is 0.526. The number of thiazole rings is 1. The van der Waals surface area contributed by atoms with Crippen LogP contribution in [0.1, 0.15) is 38.7 Å². The van der Waals surface area contributed by atoms with Crippen LogP contribution >= 0.6 is 11.3 Å². The number of hydrogen-bond acceptors (Lipinski definition) is 5. The zero-order valence-corrected chi connectivity index (χ0v) is 15.4. The Hall–Kier alpha value is -1.43. The Morgan fingerprint density at radius 1 is 1.25 bits per heavy atom. The number of aliphatic hydroxyl groups excluding tert-OH is 2. The van der Waals surface area contributed by atoms with Gasteiger partial charge in [0.25, 0.3) is 0 Å². The fourth-order valence-electron chi connectivity index (χ4n) is 3.42. The van der Waals surface area contributed by atoms with Gasteiger partial charge in [0, 0.05) is 28.9 Å². The zero-order chi connectivity index (χ0) is 17.3. The summed E-state index contributed by atoms with van der Waals surface area (Å²) in [5.74, 6) is 0.528. The van der Waals surface area contributed by atoms with Crippen LogP contribution in [0.4, 0.5) is 5.13 Å². The lowest BCUT2D eigenvalue weighted by Gasteiger charge is -2.24. The minimum absolute atomic E-state index is 0.0131. The maximum absolute atomic E-state index is 9.65. The van der Waals surface area contributed by atoms with E-state index in [4.69, 9.17) is 4.98 Å². The molecule has 3 rings (SSSR count). The molecule has 2 N–H and O–H groups in total. The van der Waals surface area contributed by atoms with Gasteiger partial charge >= 0.3 is 0 Å². The van der Waals surface area contributed by atoms with E-state index in [2.05, 4.69) is 55.3 Å². The van der Waals surface area contributed by atoms with Crippen LogP contribution in [0.3, 0.4) is 0 Å². The molecule has 0 amide bonds. The van der Waals surface area contributed by atoms with Gasteiger partial charge in [-0.2, -0.15) is 0 Å².